The second kappa shape index (κ2) is 5.48. The first-order valence-electron chi connectivity index (χ1n) is 5.96. The molecule has 0 aliphatic rings. The Kier molecular flexibility index (Phi) is 3.55. The van der Waals surface area contributed by atoms with E-state index in [1.165, 1.54) is 3.57 Å². The van der Waals surface area contributed by atoms with Crippen LogP contribution >= 0.6 is 22.6 Å². The molecule has 0 fully saturated rings. The van der Waals surface area contributed by atoms with Gasteiger partial charge >= 0.3 is 0 Å². The van der Waals surface area contributed by atoms with Gasteiger partial charge < -0.3 is 0 Å². The molecule has 0 aliphatic carbocycles. The first-order valence-corrected chi connectivity index (χ1v) is 7.04. The van der Waals surface area contributed by atoms with Crippen molar-refractivity contribution >= 4 is 45.4 Å². The minimum atomic E-state index is 0.873. The second-order valence-corrected chi connectivity index (χ2v) is 5.33. The molecule has 3 rings (SSSR count). The van der Waals surface area contributed by atoms with Gasteiger partial charge in [0.05, 0.1) is 17.4 Å². The Hall–Kier alpha value is -1.75. The van der Waals surface area contributed by atoms with Crippen molar-refractivity contribution in [3.8, 4) is 0 Å². The largest absolute Gasteiger partial charge is 0.255 e. The Morgan fingerprint density at radius 1 is 1.00 bits per heavy atom. The summed E-state index contributed by atoms with van der Waals surface area (Å²) >= 11 is 2.31. The molecule has 92 valence electrons. The summed E-state index contributed by atoms with van der Waals surface area (Å²) in [6, 6.07) is 18.3. The Morgan fingerprint density at radius 2 is 1.79 bits per heavy atom. The molecule has 0 radical (unpaired) electrons. The van der Waals surface area contributed by atoms with Crippen molar-refractivity contribution in [2.45, 2.75) is 0 Å². The SMILES string of the molecule is Ic1ccccc1C=Nc1cnc2ccccc2c1. The van der Waals surface area contributed by atoms with E-state index in [-0.39, 0.29) is 0 Å². The number of aliphatic imine (C=N–C) groups is 1. The highest BCUT2D eigenvalue weighted by molar-refractivity contribution is 14.1. The van der Waals surface area contributed by atoms with E-state index in [1.807, 2.05) is 42.6 Å². The monoisotopic (exact) mass is 358 g/mol. The standard InChI is InChI=1S/C16H11IN2/c17-15-7-3-1-6-13(15)10-18-14-9-12-5-2-4-8-16(12)19-11-14/h1-11H. The van der Waals surface area contributed by atoms with Crippen LogP contribution in [0.1, 0.15) is 5.56 Å². The smallest absolute Gasteiger partial charge is 0.0819 e. The maximum Gasteiger partial charge on any atom is 0.0819 e. The third-order valence-electron chi connectivity index (χ3n) is 2.83. The fourth-order valence-electron chi connectivity index (χ4n) is 1.85. The molecule has 0 unspecified atom stereocenters. The van der Waals surface area contributed by atoms with E-state index in [1.54, 1.807) is 6.20 Å². The lowest BCUT2D eigenvalue weighted by molar-refractivity contribution is 1.38. The van der Waals surface area contributed by atoms with E-state index in [2.05, 4.69) is 50.8 Å². The van der Waals surface area contributed by atoms with E-state index in [0.29, 0.717) is 0 Å². The topological polar surface area (TPSA) is 25.2 Å². The van der Waals surface area contributed by atoms with Gasteiger partial charge in [0.15, 0.2) is 0 Å². The van der Waals surface area contributed by atoms with Gasteiger partial charge in [-0.05, 0) is 40.8 Å². The minimum Gasteiger partial charge on any atom is -0.255 e. The molecule has 1 aromatic heterocycles. The lowest BCUT2D eigenvalue weighted by atomic mass is 10.2. The lowest BCUT2D eigenvalue weighted by Crippen LogP contribution is -1.85. The van der Waals surface area contributed by atoms with Crippen LogP contribution in [0.25, 0.3) is 10.9 Å². The molecule has 19 heavy (non-hydrogen) atoms. The molecule has 0 spiro atoms. The van der Waals surface area contributed by atoms with Crippen molar-refractivity contribution < 1.29 is 0 Å². The van der Waals surface area contributed by atoms with E-state index in [0.717, 1.165) is 22.2 Å². The van der Waals surface area contributed by atoms with Crippen LogP contribution in [0.15, 0.2) is 65.8 Å². The Labute approximate surface area is 125 Å². The summed E-state index contributed by atoms with van der Waals surface area (Å²) in [4.78, 5) is 8.90. The van der Waals surface area contributed by atoms with E-state index in [4.69, 9.17) is 0 Å². The number of pyridine rings is 1. The van der Waals surface area contributed by atoms with Crippen molar-refractivity contribution in [2.24, 2.45) is 4.99 Å². The molecule has 0 atom stereocenters. The van der Waals surface area contributed by atoms with Crippen LogP contribution in [0.3, 0.4) is 0 Å². The first kappa shape index (κ1) is 12.3. The van der Waals surface area contributed by atoms with Crippen molar-refractivity contribution in [1.29, 1.82) is 0 Å². The minimum absolute atomic E-state index is 0.873. The third kappa shape index (κ3) is 2.81. The molecule has 0 N–H and O–H groups in total. The molecule has 0 bridgehead atoms. The quantitative estimate of drug-likeness (QED) is 0.486. The highest BCUT2D eigenvalue weighted by Crippen LogP contribution is 2.18. The van der Waals surface area contributed by atoms with Gasteiger partial charge in [0.25, 0.3) is 0 Å². The van der Waals surface area contributed by atoms with Gasteiger partial charge in [0.2, 0.25) is 0 Å². The number of fused-ring (bicyclic) bond motifs is 1. The molecule has 3 heteroatoms. The lowest BCUT2D eigenvalue weighted by Gasteiger charge is -1.99. The van der Waals surface area contributed by atoms with E-state index < -0.39 is 0 Å². The Balaban J connectivity index is 1.95. The van der Waals surface area contributed by atoms with Gasteiger partial charge in [-0.2, -0.15) is 0 Å². The molecule has 0 saturated carbocycles. The van der Waals surface area contributed by atoms with Gasteiger partial charge in [-0.3, -0.25) is 9.98 Å². The third-order valence-corrected chi connectivity index (χ3v) is 3.82. The second-order valence-electron chi connectivity index (χ2n) is 4.17. The first-order chi connectivity index (χ1) is 9.33. The Morgan fingerprint density at radius 3 is 2.68 bits per heavy atom. The maximum absolute atomic E-state index is 4.50. The zero-order chi connectivity index (χ0) is 13.1. The van der Waals surface area contributed by atoms with Gasteiger partial charge in [-0.1, -0.05) is 36.4 Å². The number of halogens is 1. The number of benzene rings is 2. The number of rotatable bonds is 2. The van der Waals surface area contributed by atoms with Crippen LogP contribution in [0.2, 0.25) is 0 Å². The van der Waals surface area contributed by atoms with Gasteiger partial charge in [-0.15, -0.1) is 0 Å². The summed E-state index contributed by atoms with van der Waals surface area (Å²) in [6.45, 7) is 0. The number of hydrogen-bond acceptors (Lipinski definition) is 2. The van der Waals surface area contributed by atoms with Gasteiger partial charge in [-0.25, -0.2) is 0 Å². The predicted octanol–water partition coefficient (Wildman–Crippen LogP) is 4.59. The molecular formula is C16H11IN2. The van der Waals surface area contributed by atoms with Crippen LogP contribution in [-0.4, -0.2) is 11.2 Å². The van der Waals surface area contributed by atoms with Crippen LogP contribution in [0.5, 0.6) is 0 Å². The molecule has 0 saturated heterocycles. The van der Waals surface area contributed by atoms with Crippen molar-refractivity contribution in [2.75, 3.05) is 0 Å². The van der Waals surface area contributed by atoms with Crippen molar-refractivity contribution in [1.82, 2.24) is 4.98 Å². The molecule has 3 aromatic rings. The molecule has 0 amide bonds. The van der Waals surface area contributed by atoms with E-state index >= 15 is 0 Å². The fraction of sp³-hybridized carbons (Fsp3) is 0. The average molecular weight is 358 g/mol. The van der Waals surface area contributed by atoms with Crippen LogP contribution in [0, 0.1) is 3.57 Å². The summed E-state index contributed by atoms with van der Waals surface area (Å²) in [5, 5.41) is 1.11. The molecule has 1 heterocycles. The summed E-state index contributed by atoms with van der Waals surface area (Å²) < 4.78 is 1.19. The number of aromatic nitrogens is 1. The average Bonchev–Trinajstić information content (AvgIpc) is 2.46. The van der Waals surface area contributed by atoms with E-state index in [9.17, 15) is 0 Å². The zero-order valence-corrected chi connectivity index (χ0v) is 12.3. The van der Waals surface area contributed by atoms with Gasteiger partial charge in [0.1, 0.15) is 0 Å². The Bertz CT molecular complexity index is 750. The predicted molar refractivity (Wildman–Crippen MR) is 88.2 cm³/mol. The summed E-state index contributed by atoms with van der Waals surface area (Å²) in [5.74, 6) is 0. The van der Waals surface area contributed by atoms with Crippen molar-refractivity contribution in [3.05, 3.63) is 69.9 Å². The number of hydrogen-bond donors (Lipinski definition) is 0. The van der Waals surface area contributed by atoms with Gasteiger partial charge in [0, 0.05) is 20.7 Å². The summed E-state index contributed by atoms with van der Waals surface area (Å²) in [5.41, 5.74) is 2.99. The fourth-order valence-corrected chi connectivity index (χ4v) is 2.38. The van der Waals surface area contributed by atoms with Crippen LogP contribution < -0.4 is 0 Å². The zero-order valence-electron chi connectivity index (χ0n) is 10.1. The molecule has 2 nitrogen and oxygen atoms in total. The highest BCUT2D eigenvalue weighted by atomic mass is 127. The van der Waals surface area contributed by atoms with Crippen molar-refractivity contribution in [3.63, 3.8) is 0 Å². The maximum atomic E-state index is 4.50. The summed E-state index contributed by atoms with van der Waals surface area (Å²) in [6.07, 6.45) is 3.68. The molecule has 0 aliphatic heterocycles. The highest BCUT2D eigenvalue weighted by Gasteiger charge is 1.97. The molecule has 2 aromatic carbocycles. The molecular weight excluding hydrogens is 347 g/mol. The number of para-hydroxylation sites is 1. The normalized spacial score (nSPS) is 11.2. The van der Waals surface area contributed by atoms with Crippen LogP contribution in [-0.2, 0) is 0 Å². The van der Waals surface area contributed by atoms with Crippen LogP contribution in [0.4, 0.5) is 5.69 Å². The number of nitrogens with zero attached hydrogens (tertiary/aromatic N) is 2. The summed E-state index contributed by atoms with van der Waals surface area (Å²) in [7, 11) is 0.